The second-order valence-electron chi connectivity index (χ2n) is 5.22. The molecule has 4 nitrogen and oxygen atoms in total. The fraction of sp³-hybridized carbons (Fsp3) is 0.375. The number of benzene rings is 1. The average molecular weight is 350 g/mol. The maximum absolute atomic E-state index is 11.8. The Bertz CT molecular complexity index is 663. The second kappa shape index (κ2) is 5.64. The van der Waals surface area contributed by atoms with Crippen LogP contribution in [0.4, 0.5) is 0 Å². The van der Waals surface area contributed by atoms with Gasteiger partial charge in [-0.3, -0.25) is 4.79 Å². The summed E-state index contributed by atoms with van der Waals surface area (Å²) in [4.78, 5) is 11.8. The third-order valence-electron chi connectivity index (χ3n) is 3.77. The standard InChI is InChI=1S/C16H16BrNO3/c1-3-20-16(19)13-8-12(13)14-9(2)18-21-15(14)10-4-6-11(17)7-5-10/h4-7,12-13H,3,8H2,1-2H3. The van der Waals surface area contributed by atoms with Crippen molar-refractivity contribution in [3.63, 3.8) is 0 Å². The highest BCUT2D eigenvalue weighted by molar-refractivity contribution is 9.10. The van der Waals surface area contributed by atoms with Crippen molar-refractivity contribution < 1.29 is 14.1 Å². The van der Waals surface area contributed by atoms with Crippen LogP contribution in [0.1, 0.15) is 30.5 Å². The topological polar surface area (TPSA) is 52.3 Å². The molecule has 0 spiro atoms. The van der Waals surface area contributed by atoms with Crippen LogP contribution in [0.5, 0.6) is 0 Å². The van der Waals surface area contributed by atoms with Crippen molar-refractivity contribution in [1.82, 2.24) is 5.16 Å². The Morgan fingerprint density at radius 2 is 2.14 bits per heavy atom. The molecule has 3 rings (SSSR count). The molecule has 1 aromatic carbocycles. The smallest absolute Gasteiger partial charge is 0.309 e. The van der Waals surface area contributed by atoms with Crippen molar-refractivity contribution in [2.75, 3.05) is 6.61 Å². The van der Waals surface area contributed by atoms with E-state index in [9.17, 15) is 4.79 Å². The lowest BCUT2D eigenvalue weighted by Crippen LogP contribution is -2.07. The molecule has 0 radical (unpaired) electrons. The number of aryl methyl sites for hydroxylation is 1. The lowest BCUT2D eigenvalue weighted by atomic mass is 10.0. The number of carbonyl (C=O) groups is 1. The van der Waals surface area contributed by atoms with Gasteiger partial charge in [0.15, 0.2) is 5.76 Å². The lowest BCUT2D eigenvalue weighted by Gasteiger charge is -2.03. The summed E-state index contributed by atoms with van der Waals surface area (Å²) in [6, 6.07) is 7.89. The van der Waals surface area contributed by atoms with Gasteiger partial charge in [-0.05, 0) is 32.4 Å². The first kappa shape index (κ1) is 14.3. The minimum atomic E-state index is -0.121. The molecule has 0 saturated heterocycles. The molecule has 0 amide bonds. The number of carbonyl (C=O) groups excluding carboxylic acids is 1. The van der Waals surface area contributed by atoms with E-state index < -0.39 is 0 Å². The van der Waals surface area contributed by atoms with E-state index in [0.717, 1.165) is 33.5 Å². The van der Waals surface area contributed by atoms with Crippen LogP contribution in [0.3, 0.4) is 0 Å². The van der Waals surface area contributed by atoms with Gasteiger partial charge in [0, 0.05) is 21.5 Å². The maximum atomic E-state index is 11.8. The number of rotatable bonds is 4. The van der Waals surface area contributed by atoms with Crippen molar-refractivity contribution in [3.8, 4) is 11.3 Å². The Balaban J connectivity index is 1.89. The Kier molecular flexibility index (Phi) is 3.85. The van der Waals surface area contributed by atoms with Crippen molar-refractivity contribution in [2.45, 2.75) is 26.2 Å². The van der Waals surface area contributed by atoms with E-state index in [4.69, 9.17) is 9.26 Å². The summed E-state index contributed by atoms with van der Waals surface area (Å²) in [5.74, 6) is 0.743. The van der Waals surface area contributed by atoms with Gasteiger partial charge in [-0.15, -0.1) is 0 Å². The summed E-state index contributed by atoms with van der Waals surface area (Å²) >= 11 is 3.42. The van der Waals surface area contributed by atoms with Gasteiger partial charge in [0.05, 0.1) is 18.2 Å². The molecule has 1 aliphatic rings. The van der Waals surface area contributed by atoms with Crippen LogP contribution in [-0.2, 0) is 9.53 Å². The van der Waals surface area contributed by atoms with E-state index in [2.05, 4.69) is 21.1 Å². The fourth-order valence-corrected chi connectivity index (χ4v) is 2.91. The molecule has 110 valence electrons. The first-order valence-electron chi connectivity index (χ1n) is 7.00. The van der Waals surface area contributed by atoms with Crippen LogP contribution in [0, 0.1) is 12.8 Å². The first-order valence-corrected chi connectivity index (χ1v) is 7.79. The average Bonchev–Trinajstić information content (AvgIpc) is 3.16. The molecule has 1 aliphatic carbocycles. The van der Waals surface area contributed by atoms with Gasteiger partial charge in [0.1, 0.15) is 0 Å². The lowest BCUT2D eigenvalue weighted by molar-refractivity contribution is -0.144. The quantitative estimate of drug-likeness (QED) is 0.780. The molecule has 0 N–H and O–H groups in total. The van der Waals surface area contributed by atoms with Crippen LogP contribution in [-0.4, -0.2) is 17.7 Å². The predicted molar refractivity (Wildman–Crippen MR) is 81.9 cm³/mol. The van der Waals surface area contributed by atoms with E-state index in [-0.39, 0.29) is 17.8 Å². The zero-order valence-corrected chi connectivity index (χ0v) is 13.5. The number of esters is 1. The molecule has 1 fully saturated rings. The Morgan fingerprint density at radius 3 is 2.81 bits per heavy atom. The predicted octanol–water partition coefficient (Wildman–Crippen LogP) is 4.08. The third kappa shape index (κ3) is 2.75. The summed E-state index contributed by atoms with van der Waals surface area (Å²) in [6.07, 6.45) is 0.810. The minimum absolute atomic E-state index is 0.0581. The molecular weight excluding hydrogens is 334 g/mol. The van der Waals surface area contributed by atoms with Crippen molar-refractivity contribution in [3.05, 3.63) is 40.0 Å². The van der Waals surface area contributed by atoms with E-state index in [1.54, 1.807) is 0 Å². The number of aromatic nitrogens is 1. The van der Waals surface area contributed by atoms with E-state index in [1.807, 2.05) is 38.1 Å². The van der Waals surface area contributed by atoms with Crippen molar-refractivity contribution in [2.24, 2.45) is 5.92 Å². The van der Waals surface area contributed by atoms with Gasteiger partial charge >= 0.3 is 5.97 Å². The van der Waals surface area contributed by atoms with Crippen LogP contribution in [0.2, 0.25) is 0 Å². The monoisotopic (exact) mass is 349 g/mol. The van der Waals surface area contributed by atoms with Gasteiger partial charge < -0.3 is 9.26 Å². The second-order valence-corrected chi connectivity index (χ2v) is 6.13. The first-order chi connectivity index (χ1) is 10.1. The molecule has 2 atom stereocenters. The van der Waals surface area contributed by atoms with Crippen LogP contribution < -0.4 is 0 Å². The zero-order chi connectivity index (χ0) is 15.0. The molecule has 5 heteroatoms. The maximum Gasteiger partial charge on any atom is 0.309 e. The van der Waals surface area contributed by atoms with Gasteiger partial charge in [-0.2, -0.15) is 0 Å². The molecule has 2 unspecified atom stereocenters. The summed E-state index contributed by atoms with van der Waals surface area (Å²) in [7, 11) is 0. The molecular formula is C16H16BrNO3. The normalized spacial score (nSPS) is 20.3. The Labute approximate surface area is 131 Å². The highest BCUT2D eigenvalue weighted by atomic mass is 79.9. The largest absolute Gasteiger partial charge is 0.466 e. The van der Waals surface area contributed by atoms with E-state index >= 15 is 0 Å². The highest BCUT2D eigenvalue weighted by Gasteiger charge is 2.48. The van der Waals surface area contributed by atoms with E-state index in [1.165, 1.54) is 0 Å². The summed E-state index contributed by atoms with van der Waals surface area (Å²) in [5.41, 5.74) is 2.86. The molecule has 1 aromatic heterocycles. The van der Waals surface area contributed by atoms with Gasteiger partial charge in [0.2, 0.25) is 0 Å². The van der Waals surface area contributed by atoms with E-state index in [0.29, 0.717) is 6.61 Å². The van der Waals surface area contributed by atoms with Crippen LogP contribution >= 0.6 is 15.9 Å². The third-order valence-corrected chi connectivity index (χ3v) is 4.29. The van der Waals surface area contributed by atoms with Crippen LogP contribution in [0.25, 0.3) is 11.3 Å². The fourth-order valence-electron chi connectivity index (χ4n) is 2.65. The highest BCUT2D eigenvalue weighted by Crippen LogP contribution is 2.52. The Morgan fingerprint density at radius 1 is 1.43 bits per heavy atom. The molecule has 1 saturated carbocycles. The summed E-state index contributed by atoms with van der Waals surface area (Å²) in [5, 5.41) is 4.08. The Hall–Kier alpha value is -1.62. The van der Waals surface area contributed by atoms with Gasteiger partial charge in [0.25, 0.3) is 0 Å². The number of hydrogen-bond acceptors (Lipinski definition) is 4. The molecule has 21 heavy (non-hydrogen) atoms. The minimum Gasteiger partial charge on any atom is -0.466 e. The number of halogens is 1. The van der Waals surface area contributed by atoms with Crippen molar-refractivity contribution in [1.29, 1.82) is 0 Å². The molecule has 0 bridgehead atoms. The van der Waals surface area contributed by atoms with Gasteiger partial charge in [-0.1, -0.05) is 33.2 Å². The van der Waals surface area contributed by atoms with Gasteiger partial charge in [-0.25, -0.2) is 0 Å². The summed E-state index contributed by atoms with van der Waals surface area (Å²) in [6.45, 7) is 4.17. The number of ether oxygens (including phenoxy) is 1. The molecule has 1 heterocycles. The zero-order valence-electron chi connectivity index (χ0n) is 11.9. The summed E-state index contributed by atoms with van der Waals surface area (Å²) < 4.78 is 11.6. The molecule has 2 aromatic rings. The number of hydrogen-bond donors (Lipinski definition) is 0. The van der Waals surface area contributed by atoms with Crippen molar-refractivity contribution >= 4 is 21.9 Å². The SMILES string of the molecule is CCOC(=O)C1CC1c1c(C)noc1-c1ccc(Br)cc1. The number of nitrogens with zero attached hydrogens (tertiary/aromatic N) is 1. The molecule has 0 aliphatic heterocycles. The van der Waals surface area contributed by atoms with Crippen LogP contribution in [0.15, 0.2) is 33.3 Å².